The van der Waals surface area contributed by atoms with Crippen LogP contribution in [0.4, 0.5) is 0 Å². The van der Waals surface area contributed by atoms with E-state index in [4.69, 9.17) is 10.5 Å². The molecule has 0 aromatic heterocycles. The van der Waals surface area contributed by atoms with E-state index in [0.29, 0.717) is 24.1 Å². The SMILES string of the molecule is Cl.NCC1CCCCC1NC(=O)c1cccc(OC2CCCC2)c1. The van der Waals surface area contributed by atoms with Crippen LogP contribution >= 0.6 is 12.4 Å². The first-order chi connectivity index (χ1) is 11.3. The molecule has 0 bridgehead atoms. The maximum Gasteiger partial charge on any atom is 0.251 e. The van der Waals surface area contributed by atoms with Crippen LogP contribution in [0.5, 0.6) is 5.75 Å². The summed E-state index contributed by atoms with van der Waals surface area (Å²) in [7, 11) is 0. The van der Waals surface area contributed by atoms with Gasteiger partial charge < -0.3 is 15.8 Å². The van der Waals surface area contributed by atoms with E-state index in [9.17, 15) is 4.79 Å². The minimum atomic E-state index is -0.00720. The number of rotatable bonds is 5. The van der Waals surface area contributed by atoms with E-state index in [0.717, 1.165) is 31.4 Å². The Bertz CT molecular complexity index is 532. The normalized spacial score (nSPS) is 24.2. The fraction of sp³-hybridized carbons (Fsp3) is 0.632. The van der Waals surface area contributed by atoms with Crippen LogP contribution in [-0.4, -0.2) is 24.6 Å². The van der Waals surface area contributed by atoms with Crippen molar-refractivity contribution in [2.75, 3.05) is 6.54 Å². The van der Waals surface area contributed by atoms with Crippen LogP contribution in [0.1, 0.15) is 61.7 Å². The average molecular weight is 353 g/mol. The highest BCUT2D eigenvalue weighted by Gasteiger charge is 2.25. The Hall–Kier alpha value is -1.26. The van der Waals surface area contributed by atoms with Crippen LogP contribution in [0, 0.1) is 5.92 Å². The average Bonchev–Trinajstić information content (AvgIpc) is 3.08. The molecular weight excluding hydrogens is 324 g/mol. The van der Waals surface area contributed by atoms with E-state index in [1.807, 2.05) is 24.3 Å². The molecule has 2 fully saturated rings. The van der Waals surface area contributed by atoms with Crippen LogP contribution in [0.15, 0.2) is 24.3 Å². The van der Waals surface area contributed by atoms with Gasteiger partial charge in [-0.2, -0.15) is 0 Å². The molecule has 0 heterocycles. The van der Waals surface area contributed by atoms with Gasteiger partial charge in [-0.3, -0.25) is 4.79 Å². The maximum absolute atomic E-state index is 12.6. The highest BCUT2D eigenvalue weighted by atomic mass is 35.5. The van der Waals surface area contributed by atoms with Crippen molar-refractivity contribution < 1.29 is 9.53 Å². The van der Waals surface area contributed by atoms with E-state index < -0.39 is 0 Å². The predicted molar refractivity (Wildman–Crippen MR) is 98.8 cm³/mol. The Labute approximate surface area is 150 Å². The van der Waals surface area contributed by atoms with Crippen molar-refractivity contribution in [1.82, 2.24) is 5.32 Å². The molecule has 1 amide bonds. The Kier molecular flexibility index (Phi) is 7.38. The monoisotopic (exact) mass is 352 g/mol. The molecule has 0 radical (unpaired) electrons. The molecule has 2 atom stereocenters. The lowest BCUT2D eigenvalue weighted by atomic mass is 9.84. The molecule has 5 heteroatoms. The first kappa shape index (κ1) is 19.1. The van der Waals surface area contributed by atoms with E-state index in [2.05, 4.69) is 5.32 Å². The topological polar surface area (TPSA) is 64.3 Å². The molecule has 0 aliphatic heterocycles. The number of benzene rings is 1. The summed E-state index contributed by atoms with van der Waals surface area (Å²) in [4.78, 5) is 12.6. The third-order valence-corrected chi connectivity index (χ3v) is 5.23. The van der Waals surface area contributed by atoms with Gasteiger partial charge in [0.15, 0.2) is 0 Å². The first-order valence-corrected chi connectivity index (χ1v) is 9.04. The van der Waals surface area contributed by atoms with Gasteiger partial charge in [0, 0.05) is 11.6 Å². The number of halogens is 1. The number of carbonyl (C=O) groups excluding carboxylic acids is 1. The lowest BCUT2D eigenvalue weighted by Gasteiger charge is -2.31. The van der Waals surface area contributed by atoms with Crippen molar-refractivity contribution in [3.05, 3.63) is 29.8 Å². The fourth-order valence-electron chi connectivity index (χ4n) is 3.84. The molecule has 1 aromatic rings. The van der Waals surface area contributed by atoms with Crippen molar-refractivity contribution in [3.63, 3.8) is 0 Å². The van der Waals surface area contributed by atoms with Crippen molar-refractivity contribution in [2.24, 2.45) is 11.7 Å². The third-order valence-electron chi connectivity index (χ3n) is 5.23. The highest BCUT2D eigenvalue weighted by Crippen LogP contribution is 2.26. The molecule has 2 saturated carbocycles. The van der Waals surface area contributed by atoms with Gasteiger partial charge in [-0.15, -0.1) is 12.4 Å². The summed E-state index contributed by atoms with van der Waals surface area (Å²) in [5.41, 5.74) is 6.53. The van der Waals surface area contributed by atoms with Crippen molar-refractivity contribution in [3.8, 4) is 5.75 Å². The summed E-state index contributed by atoms with van der Waals surface area (Å²) < 4.78 is 6.00. The Morgan fingerprint density at radius 3 is 2.58 bits per heavy atom. The molecule has 134 valence electrons. The smallest absolute Gasteiger partial charge is 0.251 e. The molecule has 3 rings (SSSR count). The number of carbonyl (C=O) groups is 1. The summed E-state index contributed by atoms with van der Waals surface area (Å²) in [5.74, 6) is 1.21. The highest BCUT2D eigenvalue weighted by molar-refractivity contribution is 5.94. The second-order valence-electron chi connectivity index (χ2n) is 6.91. The second kappa shape index (κ2) is 9.28. The summed E-state index contributed by atoms with van der Waals surface area (Å²) >= 11 is 0. The van der Waals surface area contributed by atoms with E-state index in [1.54, 1.807) is 0 Å². The number of nitrogens with one attached hydrogen (secondary N) is 1. The van der Waals surface area contributed by atoms with Crippen LogP contribution < -0.4 is 15.8 Å². The second-order valence-corrected chi connectivity index (χ2v) is 6.91. The number of hydrogen-bond donors (Lipinski definition) is 2. The number of ether oxygens (including phenoxy) is 1. The van der Waals surface area contributed by atoms with Gasteiger partial charge in [-0.1, -0.05) is 18.9 Å². The first-order valence-electron chi connectivity index (χ1n) is 9.04. The van der Waals surface area contributed by atoms with Gasteiger partial charge in [0.25, 0.3) is 5.91 Å². The van der Waals surface area contributed by atoms with Gasteiger partial charge in [0.05, 0.1) is 6.10 Å². The lowest BCUT2D eigenvalue weighted by molar-refractivity contribution is 0.0907. The van der Waals surface area contributed by atoms with Gasteiger partial charge >= 0.3 is 0 Å². The zero-order valence-corrected chi connectivity index (χ0v) is 15.0. The standard InChI is InChI=1S/C19H28N2O2.ClH/c20-13-15-6-1-4-11-18(15)21-19(22)14-7-5-10-17(12-14)23-16-8-2-3-9-16;/h5,7,10,12,15-16,18H,1-4,6,8-9,11,13,20H2,(H,21,22);1H. The third kappa shape index (κ3) is 4.87. The number of hydrogen-bond acceptors (Lipinski definition) is 3. The van der Waals surface area contributed by atoms with Crippen molar-refractivity contribution in [1.29, 1.82) is 0 Å². The summed E-state index contributed by atoms with van der Waals surface area (Å²) in [5, 5.41) is 3.18. The molecule has 1 aromatic carbocycles. The van der Waals surface area contributed by atoms with Crippen molar-refractivity contribution >= 4 is 18.3 Å². The summed E-state index contributed by atoms with van der Waals surface area (Å²) in [6.07, 6.45) is 9.59. The molecule has 2 aliphatic rings. The molecule has 4 nitrogen and oxygen atoms in total. The van der Waals surface area contributed by atoms with E-state index in [1.165, 1.54) is 25.7 Å². The summed E-state index contributed by atoms with van der Waals surface area (Å²) in [6.45, 7) is 0.649. The van der Waals surface area contributed by atoms with Gasteiger partial charge in [0.2, 0.25) is 0 Å². The van der Waals surface area contributed by atoms with Crippen LogP contribution in [0.3, 0.4) is 0 Å². The summed E-state index contributed by atoms with van der Waals surface area (Å²) in [6, 6.07) is 7.78. The maximum atomic E-state index is 12.6. The van der Waals surface area contributed by atoms with E-state index >= 15 is 0 Å². The Morgan fingerprint density at radius 1 is 1.12 bits per heavy atom. The molecule has 24 heavy (non-hydrogen) atoms. The minimum absolute atomic E-state index is 0. The lowest BCUT2D eigenvalue weighted by Crippen LogP contribution is -2.44. The molecule has 2 aliphatic carbocycles. The molecule has 0 saturated heterocycles. The minimum Gasteiger partial charge on any atom is -0.490 e. The molecule has 3 N–H and O–H groups in total. The largest absolute Gasteiger partial charge is 0.490 e. The Balaban J connectivity index is 0.00000208. The van der Waals surface area contributed by atoms with Crippen LogP contribution in [0.25, 0.3) is 0 Å². The number of amides is 1. The number of nitrogens with two attached hydrogens (primary N) is 1. The van der Waals surface area contributed by atoms with Crippen LogP contribution in [-0.2, 0) is 0 Å². The van der Waals surface area contributed by atoms with Crippen LogP contribution in [0.2, 0.25) is 0 Å². The van der Waals surface area contributed by atoms with Gasteiger partial charge in [0.1, 0.15) is 5.75 Å². The predicted octanol–water partition coefficient (Wildman–Crippen LogP) is 3.68. The van der Waals surface area contributed by atoms with E-state index in [-0.39, 0.29) is 24.4 Å². The molecule has 0 spiro atoms. The quantitative estimate of drug-likeness (QED) is 0.849. The Morgan fingerprint density at radius 2 is 1.83 bits per heavy atom. The molecular formula is C19H29ClN2O2. The molecule has 2 unspecified atom stereocenters. The zero-order chi connectivity index (χ0) is 16.1. The van der Waals surface area contributed by atoms with Gasteiger partial charge in [-0.25, -0.2) is 0 Å². The zero-order valence-electron chi connectivity index (χ0n) is 14.2. The van der Waals surface area contributed by atoms with Crippen molar-refractivity contribution in [2.45, 2.75) is 63.5 Å². The fourth-order valence-corrected chi connectivity index (χ4v) is 3.84. The van der Waals surface area contributed by atoms with Gasteiger partial charge in [-0.05, 0) is 69.2 Å².